The van der Waals surface area contributed by atoms with Gasteiger partial charge in [-0.3, -0.25) is 4.79 Å². The number of aromatic nitrogens is 1. The normalized spacial score (nSPS) is 18.1. The summed E-state index contributed by atoms with van der Waals surface area (Å²) in [6.45, 7) is 8.50. The number of hydrogen-bond donors (Lipinski definition) is 0. The highest BCUT2D eigenvalue weighted by molar-refractivity contribution is 7.12. The van der Waals surface area contributed by atoms with Crippen LogP contribution in [-0.2, 0) is 30.4 Å². The minimum absolute atomic E-state index is 0.156. The van der Waals surface area contributed by atoms with Crippen molar-refractivity contribution in [1.29, 1.82) is 0 Å². The van der Waals surface area contributed by atoms with Crippen molar-refractivity contribution in [3.8, 4) is 11.3 Å². The molecule has 2 aromatic rings. The number of rotatable bonds is 7. The van der Waals surface area contributed by atoms with Crippen molar-refractivity contribution in [2.24, 2.45) is 0 Å². The zero-order valence-corrected chi connectivity index (χ0v) is 18.8. The Morgan fingerprint density at radius 1 is 1.37 bits per heavy atom. The minimum atomic E-state index is -0.964. The number of hydrogen-bond acceptors (Lipinski definition) is 7. The van der Waals surface area contributed by atoms with Gasteiger partial charge in [0.25, 0.3) is 0 Å². The number of aldehydes is 1. The third-order valence-corrected chi connectivity index (χ3v) is 5.63. The van der Waals surface area contributed by atoms with Crippen LogP contribution in [0.4, 0.5) is 0 Å². The standard InChI is InChI=1S/C23H29NO5S/c1-15-21(24-19(30-15)14-28-20-10-5-6-11-27-20)17-9-7-8-16(12-17)18(13-25)22(26)29-23(2,3)4/h7-9,12-13,18,20H,5-6,10-11,14H2,1-4H3. The topological polar surface area (TPSA) is 74.7 Å². The van der Waals surface area contributed by atoms with Crippen LogP contribution >= 0.6 is 11.3 Å². The maximum absolute atomic E-state index is 12.4. The van der Waals surface area contributed by atoms with Crippen molar-refractivity contribution >= 4 is 23.6 Å². The van der Waals surface area contributed by atoms with Crippen molar-refractivity contribution in [1.82, 2.24) is 4.98 Å². The van der Waals surface area contributed by atoms with Crippen LogP contribution in [0.2, 0.25) is 0 Å². The number of thiazole rings is 1. The molecule has 30 heavy (non-hydrogen) atoms. The van der Waals surface area contributed by atoms with E-state index in [1.165, 1.54) is 0 Å². The Hall–Kier alpha value is -2.09. The molecule has 162 valence electrons. The summed E-state index contributed by atoms with van der Waals surface area (Å²) in [5.41, 5.74) is 1.63. The Morgan fingerprint density at radius 2 is 2.17 bits per heavy atom. The summed E-state index contributed by atoms with van der Waals surface area (Å²) in [6, 6.07) is 7.35. The number of carbonyl (C=O) groups is 2. The van der Waals surface area contributed by atoms with Gasteiger partial charge < -0.3 is 19.0 Å². The van der Waals surface area contributed by atoms with E-state index >= 15 is 0 Å². The molecule has 0 radical (unpaired) electrons. The number of esters is 1. The Bertz CT molecular complexity index is 880. The lowest BCUT2D eigenvalue weighted by Crippen LogP contribution is -2.28. The van der Waals surface area contributed by atoms with Crippen LogP contribution in [0.25, 0.3) is 11.3 Å². The fraction of sp³-hybridized carbons (Fsp3) is 0.522. The predicted octanol–water partition coefficient (Wildman–Crippen LogP) is 4.79. The van der Waals surface area contributed by atoms with E-state index in [9.17, 15) is 9.59 Å². The average molecular weight is 432 g/mol. The summed E-state index contributed by atoms with van der Waals surface area (Å²) >= 11 is 1.58. The van der Waals surface area contributed by atoms with Crippen LogP contribution in [0.3, 0.4) is 0 Å². The van der Waals surface area contributed by atoms with Crippen LogP contribution in [0.15, 0.2) is 24.3 Å². The summed E-state index contributed by atoms with van der Waals surface area (Å²) < 4.78 is 16.9. The zero-order valence-electron chi connectivity index (χ0n) is 18.0. The highest BCUT2D eigenvalue weighted by atomic mass is 32.1. The van der Waals surface area contributed by atoms with E-state index in [1.807, 2.05) is 25.1 Å². The first kappa shape index (κ1) is 22.6. The molecule has 2 atom stereocenters. The molecule has 0 N–H and O–H groups in total. The molecule has 0 spiro atoms. The van der Waals surface area contributed by atoms with Gasteiger partial charge in [-0.05, 0) is 58.6 Å². The van der Waals surface area contributed by atoms with Gasteiger partial charge in [-0.15, -0.1) is 11.3 Å². The Balaban J connectivity index is 1.75. The predicted molar refractivity (Wildman–Crippen MR) is 115 cm³/mol. The average Bonchev–Trinajstić information content (AvgIpc) is 3.07. The van der Waals surface area contributed by atoms with Gasteiger partial charge in [-0.1, -0.05) is 18.2 Å². The lowest BCUT2D eigenvalue weighted by molar-refractivity contribution is -0.168. The van der Waals surface area contributed by atoms with Crippen LogP contribution < -0.4 is 0 Å². The summed E-state index contributed by atoms with van der Waals surface area (Å²) in [4.78, 5) is 29.9. The molecule has 1 aliphatic heterocycles. The van der Waals surface area contributed by atoms with E-state index in [-0.39, 0.29) is 6.29 Å². The number of ether oxygens (including phenoxy) is 3. The molecule has 1 aromatic carbocycles. The Morgan fingerprint density at radius 3 is 2.83 bits per heavy atom. The highest BCUT2D eigenvalue weighted by Gasteiger charge is 2.27. The third kappa shape index (κ3) is 5.97. The first-order chi connectivity index (χ1) is 14.3. The van der Waals surface area contributed by atoms with Crippen LogP contribution in [0, 0.1) is 6.92 Å². The fourth-order valence-electron chi connectivity index (χ4n) is 3.30. The highest BCUT2D eigenvalue weighted by Crippen LogP contribution is 2.31. The fourth-order valence-corrected chi connectivity index (χ4v) is 4.18. The second-order valence-corrected chi connectivity index (χ2v) is 9.68. The lowest BCUT2D eigenvalue weighted by atomic mass is 9.97. The molecule has 1 aliphatic rings. The molecule has 2 heterocycles. The van der Waals surface area contributed by atoms with E-state index in [0.29, 0.717) is 18.5 Å². The number of carbonyl (C=O) groups excluding carboxylic acids is 2. The monoisotopic (exact) mass is 431 g/mol. The first-order valence-electron chi connectivity index (χ1n) is 10.2. The van der Waals surface area contributed by atoms with Gasteiger partial charge in [0.2, 0.25) is 0 Å². The van der Waals surface area contributed by atoms with Gasteiger partial charge in [-0.25, -0.2) is 4.98 Å². The van der Waals surface area contributed by atoms with E-state index in [1.54, 1.807) is 38.2 Å². The maximum Gasteiger partial charge on any atom is 0.321 e. The molecule has 3 rings (SSSR count). The van der Waals surface area contributed by atoms with Crippen molar-refractivity contribution < 1.29 is 23.8 Å². The summed E-state index contributed by atoms with van der Waals surface area (Å²) in [7, 11) is 0. The van der Waals surface area contributed by atoms with Crippen molar-refractivity contribution in [3.63, 3.8) is 0 Å². The number of aryl methyl sites for hydroxylation is 1. The molecule has 1 aromatic heterocycles. The molecule has 0 bridgehead atoms. The second-order valence-electron chi connectivity index (χ2n) is 8.39. The minimum Gasteiger partial charge on any atom is -0.459 e. The molecule has 1 saturated heterocycles. The molecular weight excluding hydrogens is 402 g/mol. The summed E-state index contributed by atoms with van der Waals surface area (Å²) in [6.07, 6.45) is 3.59. The second kappa shape index (κ2) is 9.81. The largest absolute Gasteiger partial charge is 0.459 e. The van der Waals surface area contributed by atoms with Crippen molar-refractivity contribution in [2.75, 3.05) is 6.61 Å². The zero-order chi connectivity index (χ0) is 21.7. The Kier molecular flexibility index (Phi) is 7.39. The van der Waals surface area contributed by atoms with Gasteiger partial charge in [0.1, 0.15) is 29.4 Å². The van der Waals surface area contributed by atoms with Crippen LogP contribution in [-0.4, -0.2) is 35.7 Å². The van der Waals surface area contributed by atoms with Crippen molar-refractivity contribution in [3.05, 3.63) is 39.7 Å². The smallest absolute Gasteiger partial charge is 0.321 e. The van der Waals surface area contributed by atoms with Gasteiger partial charge in [0, 0.05) is 17.0 Å². The lowest BCUT2D eigenvalue weighted by Gasteiger charge is -2.22. The summed E-state index contributed by atoms with van der Waals surface area (Å²) in [5, 5.41) is 0.876. The molecule has 0 saturated carbocycles. The van der Waals surface area contributed by atoms with E-state index in [0.717, 1.165) is 47.0 Å². The number of nitrogens with zero attached hydrogens (tertiary/aromatic N) is 1. The van der Waals surface area contributed by atoms with Gasteiger partial charge in [0.15, 0.2) is 6.29 Å². The SMILES string of the molecule is Cc1sc(COC2CCCCO2)nc1-c1cccc(C(C=O)C(=O)OC(C)(C)C)c1. The van der Waals surface area contributed by atoms with Gasteiger partial charge >= 0.3 is 5.97 Å². The molecule has 7 heteroatoms. The number of benzene rings is 1. The maximum atomic E-state index is 12.4. The van der Waals surface area contributed by atoms with Crippen LogP contribution in [0.5, 0.6) is 0 Å². The van der Waals surface area contributed by atoms with Crippen molar-refractivity contribution in [2.45, 2.75) is 71.4 Å². The third-order valence-electron chi connectivity index (χ3n) is 4.69. The molecular formula is C23H29NO5S. The van der Waals surface area contributed by atoms with Gasteiger partial charge in [0.05, 0.1) is 5.69 Å². The van der Waals surface area contributed by atoms with E-state index < -0.39 is 17.5 Å². The first-order valence-corrected chi connectivity index (χ1v) is 11.1. The van der Waals surface area contributed by atoms with E-state index in [4.69, 9.17) is 19.2 Å². The molecule has 0 amide bonds. The molecule has 6 nitrogen and oxygen atoms in total. The van der Waals surface area contributed by atoms with E-state index in [2.05, 4.69) is 0 Å². The molecule has 2 unspecified atom stereocenters. The summed E-state index contributed by atoms with van der Waals surface area (Å²) in [5.74, 6) is -1.51. The van der Waals surface area contributed by atoms with Gasteiger partial charge in [-0.2, -0.15) is 0 Å². The quantitative estimate of drug-likeness (QED) is 0.357. The molecule has 0 aliphatic carbocycles. The Labute approximate surface area is 181 Å². The van der Waals surface area contributed by atoms with Crippen LogP contribution in [0.1, 0.15) is 61.4 Å². The molecule has 1 fully saturated rings.